The van der Waals surface area contributed by atoms with Gasteiger partial charge in [-0.3, -0.25) is 14.5 Å². The van der Waals surface area contributed by atoms with Gasteiger partial charge in [-0.2, -0.15) is 0 Å². The molecule has 31 heavy (non-hydrogen) atoms. The highest BCUT2D eigenvalue weighted by atomic mass is 16.2. The van der Waals surface area contributed by atoms with E-state index in [1.54, 1.807) is 0 Å². The number of nitrogens with one attached hydrogen (secondary N) is 2. The van der Waals surface area contributed by atoms with Gasteiger partial charge in [0, 0.05) is 31.6 Å². The molecule has 5 nitrogen and oxygen atoms in total. The summed E-state index contributed by atoms with van der Waals surface area (Å²) >= 11 is 0. The van der Waals surface area contributed by atoms with Gasteiger partial charge < -0.3 is 10.6 Å². The lowest BCUT2D eigenvalue weighted by molar-refractivity contribution is -0.150. The van der Waals surface area contributed by atoms with E-state index in [2.05, 4.69) is 41.5 Å². The van der Waals surface area contributed by atoms with Crippen LogP contribution in [-0.4, -0.2) is 41.4 Å². The van der Waals surface area contributed by atoms with Crippen molar-refractivity contribution in [2.75, 3.05) is 13.1 Å². The van der Waals surface area contributed by atoms with E-state index in [0.29, 0.717) is 18.9 Å². The molecule has 1 saturated carbocycles. The number of hydrogen-bond donors (Lipinski definition) is 2. The van der Waals surface area contributed by atoms with Crippen LogP contribution in [-0.2, 0) is 16.1 Å². The Hall–Kier alpha value is -2.66. The number of nitrogens with zero attached hydrogens (tertiary/aromatic N) is 1. The average Bonchev–Trinajstić information content (AvgIpc) is 3.05. The lowest BCUT2D eigenvalue weighted by Crippen LogP contribution is -2.74. The molecule has 5 heteroatoms. The number of benzene rings is 2. The number of likely N-dealkylation sites (tertiary alicyclic amines) is 1. The third-order valence-corrected chi connectivity index (χ3v) is 7.33. The van der Waals surface area contributed by atoms with E-state index in [0.717, 1.165) is 24.2 Å². The quantitative estimate of drug-likeness (QED) is 0.760. The fraction of sp³-hybridized carbons (Fsp3) is 0.462. The highest BCUT2D eigenvalue weighted by Gasteiger charge is 2.68. The van der Waals surface area contributed by atoms with Crippen LogP contribution in [0.5, 0.6) is 0 Å². The molecular formula is C26H31N3O2. The van der Waals surface area contributed by atoms with Crippen molar-refractivity contribution in [1.82, 2.24) is 15.5 Å². The summed E-state index contributed by atoms with van der Waals surface area (Å²) in [4.78, 5) is 29.5. The van der Waals surface area contributed by atoms with Crippen LogP contribution >= 0.6 is 0 Å². The van der Waals surface area contributed by atoms with Gasteiger partial charge in [-0.15, -0.1) is 0 Å². The van der Waals surface area contributed by atoms with Gasteiger partial charge in [0.2, 0.25) is 11.8 Å². The second-order valence-corrected chi connectivity index (χ2v) is 9.85. The fourth-order valence-electron chi connectivity index (χ4n) is 6.32. The summed E-state index contributed by atoms with van der Waals surface area (Å²) < 4.78 is 0. The highest BCUT2D eigenvalue weighted by molar-refractivity contribution is 5.97. The summed E-state index contributed by atoms with van der Waals surface area (Å²) in [6.07, 6.45) is 0.703. The second-order valence-electron chi connectivity index (χ2n) is 9.85. The Morgan fingerprint density at radius 1 is 1.13 bits per heavy atom. The van der Waals surface area contributed by atoms with Gasteiger partial charge in [-0.1, -0.05) is 74.5 Å². The van der Waals surface area contributed by atoms with Gasteiger partial charge in [0.1, 0.15) is 5.54 Å². The molecule has 3 saturated heterocycles. The molecule has 0 spiro atoms. The Labute approximate surface area is 184 Å². The summed E-state index contributed by atoms with van der Waals surface area (Å²) in [5, 5.41) is 6.37. The molecule has 0 aromatic heterocycles. The Balaban J connectivity index is 1.52. The molecule has 4 aliphatic rings. The maximum absolute atomic E-state index is 13.8. The maximum atomic E-state index is 13.8. The molecule has 0 radical (unpaired) electrons. The van der Waals surface area contributed by atoms with Crippen molar-refractivity contribution in [3.05, 3.63) is 71.8 Å². The van der Waals surface area contributed by atoms with Crippen molar-refractivity contribution in [3.8, 4) is 0 Å². The minimum Gasteiger partial charge on any atom is -0.350 e. The molecule has 1 aliphatic carbocycles. The lowest BCUT2D eigenvalue weighted by Gasteiger charge is -2.55. The van der Waals surface area contributed by atoms with Gasteiger partial charge in [-0.05, 0) is 29.4 Å². The summed E-state index contributed by atoms with van der Waals surface area (Å²) in [6.45, 7) is 6.77. The van der Waals surface area contributed by atoms with E-state index in [1.165, 1.54) is 0 Å². The van der Waals surface area contributed by atoms with Crippen molar-refractivity contribution in [2.45, 2.75) is 44.3 Å². The van der Waals surface area contributed by atoms with Gasteiger partial charge in [0.25, 0.3) is 0 Å². The van der Waals surface area contributed by atoms with Gasteiger partial charge in [0.15, 0.2) is 0 Å². The molecule has 3 heterocycles. The third kappa shape index (κ3) is 3.35. The lowest BCUT2D eigenvalue weighted by atomic mass is 9.57. The van der Waals surface area contributed by atoms with Gasteiger partial charge in [-0.25, -0.2) is 0 Å². The summed E-state index contributed by atoms with van der Waals surface area (Å²) in [7, 11) is 0. The first kappa shape index (κ1) is 20.3. The number of carbonyl (C=O) groups excluding carboxylic acids is 2. The number of piperidine rings is 2. The van der Waals surface area contributed by atoms with Crippen LogP contribution < -0.4 is 10.6 Å². The van der Waals surface area contributed by atoms with E-state index < -0.39 is 5.54 Å². The van der Waals surface area contributed by atoms with Crippen molar-refractivity contribution in [1.29, 1.82) is 0 Å². The Bertz CT molecular complexity index is 961. The first-order valence-corrected chi connectivity index (χ1v) is 11.4. The molecule has 3 aliphatic heterocycles. The SMILES string of the molecule is CC(C)CN1C[C@H]2C[C@]3(C(=O)NCc4ccccc4)NC(=O)[C@H]2[C@H]1[C@@H]3c1ccccc1. The summed E-state index contributed by atoms with van der Waals surface area (Å²) in [5.74, 6) is 0.658. The first-order chi connectivity index (χ1) is 15.0. The first-order valence-electron chi connectivity index (χ1n) is 11.4. The van der Waals surface area contributed by atoms with Crippen LogP contribution in [0.2, 0.25) is 0 Å². The topological polar surface area (TPSA) is 61.4 Å². The number of fused-ring (bicyclic) bond motifs is 1. The molecule has 4 bridgehead atoms. The van der Waals surface area contributed by atoms with E-state index >= 15 is 0 Å². The normalized spacial score (nSPS) is 31.6. The van der Waals surface area contributed by atoms with Crippen LogP contribution in [0.25, 0.3) is 0 Å². The van der Waals surface area contributed by atoms with Crippen LogP contribution in [0.1, 0.15) is 37.3 Å². The van der Waals surface area contributed by atoms with Crippen LogP contribution in [0.4, 0.5) is 0 Å². The third-order valence-electron chi connectivity index (χ3n) is 7.33. The molecular weight excluding hydrogens is 386 g/mol. The van der Waals surface area contributed by atoms with Crippen molar-refractivity contribution < 1.29 is 9.59 Å². The largest absolute Gasteiger partial charge is 0.350 e. The zero-order chi connectivity index (χ0) is 21.6. The monoisotopic (exact) mass is 417 g/mol. The van der Waals surface area contributed by atoms with E-state index in [-0.39, 0.29) is 35.6 Å². The zero-order valence-corrected chi connectivity index (χ0v) is 18.3. The molecule has 0 unspecified atom stereocenters. The number of rotatable bonds is 6. The van der Waals surface area contributed by atoms with Gasteiger partial charge >= 0.3 is 0 Å². The summed E-state index contributed by atoms with van der Waals surface area (Å²) in [6, 6.07) is 20.3. The molecule has 162 valence electrons. The number of amides is 2. The van der Waals surface area contributed by atoms with Gasteiger partial charge in [0.05, 0.1) is 5.92 Å². The van der Waals surface area contributed by atoms with Crippen LogP contribution in [0, 0.1) is 17.8 Å². The molecule has 4 fully saturated rings. The van der Waals surface area contributed by atoms with E-state index in [1.807, 2.05) is 48.5 Å². The second kappa shape index (κ2) is 7.79. The smallest absolute Gasteiger partial charge is 0.246 e. The van der Waals surface area contributed by atoms with E-state index in [4.69, 9.17) is 0 Å². The Morgan fingerprint density at radius 3 is 2.48 bits per heavy atom. The van der Waals surface area contributed by atoms with Crippen molar-refractivity contribution >= 4 is 11.8 Å². The predicted molar refractivity (Wildman–Crippen MR) is 120 cm³/mol. The minimum atomic E-state index is -0.900. The van der Waals surface area contributed by atoms with Crippen LogP contribution in [0.3, 0.4) is 0 Å². The predicted octanol–water partition coefficient (Wildman–Crippen LogP) is 2.93. The number of carbonyl (C=O) groups is 2. The molecule has 2 N–H and O–H groups in total. The highest BCUT2D eigenvalue weighted by Crippen LogP contribution is 2.56. The standard InChI is InChI=1S/C26H31N3O2/c1-17(2)15-29-16-20-13-26(25(31)27-14-18-9-5-3-6-10-18)22(19-11-7-4-8-12-19)23(29)21(20)24(30)28-26/h3-12,17,20-23H,13-16H2,1-2H3,(H,27,31)(H,28,30)/t20-,21-,22+,23+,26+/m1/s1. The van der Waals surface area contributed by atoms with Crippen molar-refractivity contribution in [3.63, 3.8) is 0 Å². The fourth-order valence-corrected chi connectivity index (χ4v) is 6.32. The van der Waals surface area contributed by atoms with Crippen molar-refractivity contribution in [2.24, 2.45) is 17.8 Å². The van der Waals surface area contributed by atoms with E-state index in [9.17, 15) is 9.59 Å². The number of hydrogen-bond acceptors (Lipinski definition) is 3. The average molecular weight is 418 g/mol. The van der Waals surface area contributed by atoms with Crippen LogP contribution in [0.15, 0.2) is 60.7 Å². The molecule has 2 aromatic rings. The molecule has 5 atom stereocenters. The molecule has 2 aromatic carbocycles. The molecule has 2 amide bonds. The maximum Gasteiger partial charge on any atom is 0.246 e. The Morgan fingerprint density at radius 2 is 1.81 bits per heavy atom. The minimum absolute atomic E-state index is 0.0345. The zero-order valence-electron chi connectivity index (χ0n) is 18.3. The Kier molecular flexibility index (Phi) is 5.09. The molecule has 6 rings (SSSR count). The summed E-state index contributed by atoms with van der Waals surface area (Å²) in [5.41, 5.74) is 1.30.